The van der Waals surface area contributed by atoms with E-state index in [-0.39, 0.29) is 6.09 Å². The number of fused-ring (bicyclic) bond motifs is 5. The maximum Gasteiger partial charge on any atom is 0.410 e. The number of rotatable bonds is 5. The van der Waals surface area contributed by atoms with E-state index >= 15 is 0 Å². The summed E-state index contributed by atoms with van der Waals surface area (Å²) in [5.41, 5.74) is 4.15. The van der Waals surface area contributed by atoms with Crippen LogP contribution in [0.4, 0.5) is 4.79 Å². The lowest BCUT2D eigenvalue weighted by molar-refractivity contribution is 0.103. The van der Waals surface area contributed by atoms with Gasteiger partial charge in [0.25, 0.3) is 0 Å². The Morgan fingerprint density at radius 2 is 2.09 bits per heavy atom. The average molecular weight is 484 g/mol. The summed E-state index contributed by atoms with van der Waals surface area (Å²) in [4.78, 5) is 20.3. The molecule has 1 amide bonds. The summed E-state index contributed by atoms with van der Waals surface area (Å²) in [7, 11) is 0. The van der Waals surface area contributed by atoms with Crippen LogP contribution in [0.2, 0.25) is 5.02 Å². The van der Waals surface area contributed by atoms with E-state index in [4.69, 9.17) is 21.3 Å². The van der Waals surface area contributed by atoms with E-state index in [1.807, 2.05) is 31.2 Å². The van der Waals surface area contributed by atoms with Crippen LogP contribution in [-0.2, 0) is 30.7 Å². The third kappa shape index (κ3) is 3.95. The Morgan fingerprint density at radius 1 is 1.24 bits per heavy atom. The molecular formula is C24H26ClN5O2S. The Labute approximate surface area is 202 Å². The first kappa shape index (κ1) is 22.1. The van der Waals surface area contributed by atoms with Crippen molar-refractivity contribution in [3.8, 4) is 5.00 Å². The van der Waals surface area contributed by atoms with Gasteiger partial charge in [0, 0.05) is 34.0 Å². The molecule has 4 heterocycles. The van der Waals surface area contributed by atoms with Crippen molar-refractivity contribution < 1.29 is 9.53 Å². The normalized spacial score (nSPS) is 14.8. The molecule has 0 spiro atoms. The summed E-state index contributed by atoms with van der Waals surface area (Å²) in [6, 6.07) is 7.84. The quantitative estimate of drug-likeness (QED) is 0.500. The van der Waals surface area contributed by atoms with Gasteiger partial charge in [0.2, 0.25) is 0 Å². The molecule has 0 saturated heterocycles. The zero-order chi connectivity index (χ0) is 22.9. The lowest BCUT2D eigenvalue weighted by Crippen LogP contribution is -2.36. The topological polar surface area (TPSA) is 72.6 Å². The second kappa shape index (κ2) is 9.27. The molecule has 0 unspecified atom stereocenters. The van der Waals surface area contributed by atoms with Gasteiger partial charge in [0.1, 0.15) is 17.4 Å². The molecule has 0 radical (unpaired) electrons. The lowest BCUT2D eigenvalue weighted by atomic mass is 9.95. The predicted octanol–water partition coefficient (Wildman–Crippen LogP) is 5.19. The number of benzene rings is 1. The molecule has 0 saturated carbocycles. The van der Waals surface area contributed by atoms with Crippen LogP contribution < -0.4 is 0 Å². The smallest absolute Gasteiger partial charge is 0.410 e. The highest BCUT2D eigenvalue weighted by molar-refractivity contribution is 7.15. The molecule has 3 aromatic rings. The molecule has 2 aromatic heterocycles. The van der Waals surface area contributed by atoms with Crippen molar-refractivity contribution in [2.75, 3.05) is 13.2 Å². The van der Waals surface area contributed by atoms with Crippen molar-refractivity contribution in [1.29, 1.82) is 0 Å². The highest BCUT2D eigenvalue weighted by Crippen LogP contribution is 2.40. The van der Waals surface area contributed by atoms with E-state index in [0.29, 0.717) is 31.3 Å². The van der Waals surface area contributed by atoms with Gasteiger partial charge in [-0.1, -0.05) is 43.1 Å². The van der Waals surface area contributed by atoms with E-state index in [1.54, 1.807) is 16.2 Å². The highest BCUT2D eigenvalue weighted by atomic mass is 35.5. The van der Waals surface area contributed by atoms with Crippen molar-refractivity contribution in [2.45, 2.75) is 52.6 Å². The molecule has 9 heteroatoms. The minimum absolute atomic E-state index is 0.264. The Bertz CT molecular complexity index is 1230. The Hall–Kier alpha value is -2.71. The summed E-state index contributed by atoms with van der Waals surface area (Å²) in [5, 5.41) is 10.7. The van der Waals surface area contributed by atoms with Crippen LogP contribution in [-0.4, -0.2) is 44.6 Å². The van der Waals surface area contributed by atoms with E-state index in [9.17, 15) is 4.79 Å². The number of unbranched alkanes of at least 4 members (excludes halogenated alkanes) is 1. The molecule has 0 N–H and O–H groups in total. The monoisotopic (exact) mass is 483 g/mol. The first-order chi connectivity index (χ1) is 16.1. The van der Waals surface area contributed by atoms with Crippen molar-refractivity contribution >= 4 is 34.7 Å². The largest absolute Gasteiger partial charge is 0.450 e. The van der Waals surface area contributed by atoms with Gasteiger partial charge >= 0.3 is 6.09 Å². The third-order valence-corrected chi connectivity index (χ3v) is 7.59. The van der Waals surface area contributed by atoms with Gasteiger partial charge in [-0.05, 0) is 31.4 Å². The average Bonchev–Trinajstić information content (AvgIpc) is 3.35. The molecule has 0 aliphatic carbocycles. The van der Waals surface area contributed by atoms with Crippen LogP contribution in [0.15, 0.2) is 29.3 Å². The number of hydrogen-bond acceptors (Lipinski definition) is 6. The maximum atomic E-state index is 12.4. The van der Waals surface area contributed by atoms with Crippen LogP contribution >= 0.6 is 22.9 Å². The Morgan fingerprint density at radius 3 is 2.88 bits per heavy atom. The van der Waals surface area contributed by atoms with Crippen LogP contribution in [0.25, 0.3) is 5.00 Å². The molecule has 0 fully saturated rings. The van der Waals surface area contributed by atoms with Crippen LogP contribution in [0, 0.1) is 0 Å². The Balaban J connectivity index is 1.67. The number of hydrogen-bond donors (Lipinski definition) is 0. The van der Waals surface area contributed by atoms with Gasteiger partial charge in [0.05, 0.1) is 18.9 Å². The third-order valence-electron chi connectivity index (χ3n) is 6.06. The minimum Gasteiger partial charge on any atom is -0.450 e. The van der Waals surface area contributed by atoms with Crippen molar-refractivity contribution in [3.05, 3.63) is 62.5 Å². The van der Waals surface area contributed by atoms with E-state index in [2.05, 4.69) is 21.7 Å². The first-order valence-corrected chi connectivity index (χ1v) is 12.6. The van der Waals surface area contributed by atoms with Gasteiger partial charge in [-0.25, -0.2) is 4.79 Å². The number of nitrogens with zero attached hydrogens (tertiary/aromatic N) is 5. The van der Waals surface area contributed by atoms with Gasteiger partial charge in [-0.3, -0.25) is 9.56 Å². The van der Waals surface area contributed by atoms with Crippen molar-refractivity contribution in [2.24, 2.45) is 4.99 Å². The number of aliphatic imine (C=N–C) groups is 1. The van der Waals surface area contributed by atoms with E-state index in [1.165, 1.54) is 5.56 Å². The van der Waals surface area contributed by atoms with Crippen LogP contribution in [0.3, 0.4) is 0 Å². The zero-order valence-corrected chi connectivity index (χ0v) is 20.4. The fraction of sp³-hybridized carbons (Fsp3) is 0.417. The second-order valence-electron chi connectivity index (χ2n) is 8.17. The minimum atomic E-state index is -0.264. The molecule has 33 heavy (non-hydrogen) atoms. The number of halogens is 1. The van der Waals surface area contributed by atoms with Gasteiger partial charge in [0.15, 0.2) is 5.82 Å². The first-order valence-electron chi connectivity index (χ1n) is 11.4. The molecule has 1 aromatic carbocycles. The summed E-state index contributed by atoms with van der Waals surface area (Å²) >= 11 is 8.33. The van der Waals surface area contributed by atoms with Gasteiger partial charge in [-0.15, -0.1) is 21.5 Å². The maximum absolute atomic E-state index is 12.4. The SMILES string of the molecule is CCCCc1nnc2n1-c1sc3c(c1C(c1ccccc1Cl)=NC2)CCN(C(=O)OCC)C3. The Kier molecular flexibility index (Phi) is 6.21. The zero-order valence-electron chi connectivity index (χ0n) is 18.8. The van der Waals surface area contributed by atoms with Gasteiger partial charge in [-0.2, -0.15) is 0 Å². The number of ether oxygens (including phenoxy) is 1. The molecule has 0 atom stereocenters. The second-order valence-corrected chi connectivity index (χ2v) is 9.66. The molecule has 172 valence electrons. The summed E-state index contributed by atoms with van der Waals surface area (Å²) in [5.74, 6) is 1.80. The number of carbonyl (C=O) groups excluding carboxylic acids is 1. The summed E-state index contributed by atoms with van der Waals surface area (Å²) in [6.45, 7) is 5.98. The number of amides is 1. The fourth-order valence-electron chi connectivity index (χ4n) is 4.45. The predicted molar refractivity (Wildman–Crippen MR) is 130 cm³/mol. The fourth-order valence-corrected chi connectivity index (χ4v) is 6.08. The highest BCUT2D eigenvalue weighted by Gasteiger charge is 2.33. The molecule has 2 aliphatic heterocycles. The molecule has 0 bridgehead atoms. The number of thiophene rings is 1. The number of aromatic nitrogens is 3. The summed E-state index contributed by atoms with van der Waals surface area (Å²) in [6.07, 6.45) is 3.48. The van der Waals surface area contributed by atoms with E-state index < -0.39 is 0 Å². The van der Waals surface area contributed by atoms with E-state index in [0.717, 1.165) is 64.0 Å². The van der Waals surface area contributed by atoms with Crippen molar-refractivity contribution in [3.63, 3.8) is 0 Å². The van der Waals surface area contributed by atoms with Crippen LogP contribution in [0.1, 0.15) is 59.9 Å². The standard InChI is InChI=1S/C24H26ClN5O2S/c1-3-5-10-19-27-28-20-13-26-22(15-8-6-7-9-17(15)25)21-16-11-12-29(24(31)32-4-2)14-18(16)33-23(21)30(19)20/h6-9H,3-5,10-14H2,1-2H3. The molecular weight excluding hydrogens is 458 g/mol. The number of aryl methyl sites for hydroxylation is 1. The number of carbonyl (C=O) groups is 1. The molecule has 5 rings (SSSR count). The van der Waals surface area contributed by atoms with Crippen LogP contribution in [0.5, 0.6) is 0 Å². The molecule has 2 aliphatic rings. The lowest BCUT2D eigenvalue weighted by Gasteiger charge is -2.26. The summed E-state index contributed by atoms with van der Waals surface area (Å²) < 4.78 is 7.45. The molecule has 7 nitrogen and oxygen atoms in total. The van der Waals surface area contributed by atoms with Gasteiger partial charge < -0.3 is 9.64 Å². The van der Waals surface area contributed by atoms with Crippen molar-refractivity contribution in [1.82, 2.24) is 19.7 Å².